The molecule has 3 aromatic rings. The second-order valence-electron chi connectivity index (χ2n) is 11.1. The Morgan fingerprint density at radius 3 is 2.21 bits per heavy atom. The van der Waals surface area contributed by atoms with E-state index in [1.54, 1.807) is 5.32 Å². The van der Waals surface area contributed by atoms with E-state index in [-0.39, 0.29) is 23.6 Å². The van der Waals surface area contributed by atoms with Gasteiger partial charge < -0.3 is 19.6 Å². The van der Waals surface area contributed by atoms with E-state index in [0.717, 1.165) is 21.1 Å². The maximum atomic E-state index is 12.6. The molecular weight excluding hydrogens is 583 g/mol. The number of rotatable bonds is 7. The molecule has 4 rings (SSSR count). The minimum atomic E-state index is -5.06. The lowest BCUT2D eigenvalue weighted by molar-refractivity contribution is -0.173. The first-order valence-electron chi connectivity index (χ1n) is 13.5. The van der Waals surface area contributed by atoms with Crippen LogP contribution >= 0.6 is 0 Å². The predicted molar refractivity (Wildman–Crippen MR) is 155 cm³/mol. The Morgan fingerprint density at radius 1 is 1.09 bits per heavy atom. The molecule has 3 N–H and O–H groups in total. The van der Waals surface area contributed by atoms with Crippen molar-refractivity contribution in [2.24, 2.45) is 0 Å². The summed E-state index contributed by atoms with van der Waals surface area (Å²) in [7, 11) is -2.94. The van der Waals surface area contributed by atoms with E-state index in [9.17, 15) is 32.7 Å². The van der Waals surface area contributed by atoms with Crippen LogP contribution in [0.3, 0.4) is 0 Å². The summed E-state index contributed by atoms with van der Waals surface area (Å²) in [6, 6.07) is 19.9. The van der Waals surface area contributed by atoms with E-state index >= 15 is 0 Å². The van der Waals surface area contributed by atoms with Gasteiger partial charge in [-0.1, -0.05) is 93.3 Å². The van der Waals surface area contributed by atoms with Crippen molar-refractivity contribution >= 4 is 24.6 Å². The molecule has 1 fully saturated rings. The number of amides is 1. The van der Waals surface area contributed by atoms with Crippen molar-refractivity contribution in [3.63, 3.8) is 0 Å². The summed E-state index contributed by atoms with van der Waals surface area (Å²) in [6.45, 7) is 5.70. The molecule has 0 spiro atoms. The van der Waals surface area contributed by atoms with Crippen molar-refractivity contribution in [3.05, 3.63) is 93.3 Å². The quantitative estimate of drug-likeness (QED) is 0.275. The number of ether oxygens (including phenoxy) is 1. The lowest BCUT2D eigenvalue weighted by Gasteiger charge is -2.43. The summed E-state index contributed by atoms with van der Waals surface area (Å²) in [4.78, 5) is 37.9. The summed E-state index contributed by atoms with van der Waals surface area (Å²) >= 11 is 0. The van der Waals surface area contributed by atoms with Crippen LogP contribution in [-0.4, -0.2) is 60.4 Å². The van der Waals surface area contributed by atoms with Crippen molar-refractivity contribution in [2.45, 2.75) is 56.8 Å². The fourth-order valence-corrected chi connectivity index (χ4v) is 9.73. The Hall–Kier alpha value is -3.96. The van der Waals surface area contributed by atoms with E-state index in [1.165, 1.54) is 0 Å². The fraction of sp³-hybridized carbons (Fsp3) is 0.367. The lowest BCUT2D eigenvalue weighted by Crippen LogP contribution is -2.67. The topological polar surface area (TPSA) is 123 Å². The minimum absolute atomic E-state index is 0.00916. The summed E-state index contributed by atoms with van der Waals surface area (Å²) < 4.78 is 51.0. The van der Waals surface area contributed by atoms with Gasteiger partial charge in [0.25, 0.3) is 13.9 Å². The average molecular weight is 616 g/mol. The van der Waals surface area contributed by atoms with Gasteiger partial charge in [0.2, 0.25) is 0 Å². The highest BCUT2D eigenvalue weighted by Gasteiger charge is 2.51. The SMILES string of the molecule is CC(C)(C)[Si](OC[C@H]1O[C@@H](n2cc(C#CCNC(=O)C(F)(F)F)c(=O)[nH]c2=O)CC1O)(c1ccccc1)c1ccccc1. The predicted octanol–water partition coefficient (Wildman–Crippen LogP) is 1.79. The Bertz CT molecular complexity index is 1570. The van der Waals surface area contributed by atoms with Gasteiger partial charge in [-0.05, 0) is 15.4 Å². The zero-order valence-corrected chi connectivity index (χ0v) is 24.8. The van der Waals surface area contributed by atoms with Gasteiger partial charge in [-0.15, -0.1) is 0 Å². The molecule has 1 amide bonds. The van der Waals surface area contributed by atoms with Crippen LogP contribution in [-0.2, 0) is 14.0 Å². The Balaban J connectivity index is 1.56. The van der Waals surface area contributed by atoms with Crippen molar-refractivity contribution in [3.8, 4) is 11.8 Å². The van der Waals surface area contributed by atoms with Gasteiger partial charge in [0.1, 0.15) is 17.9 Å². The molecule has 228 valence electrons. The summed E-state index contributed by atoms with van der Waals surface area (Å²) in [5.74, 6) is 2.45. The van der Waals surface area contributed by atoms with Crippen LogP contribution in [0.1, 0.15) is 39.0 Å². The van der Waals surface area contributed by atoms with Crippen LogP contribution in [0.15, 0.2) is 76.4 Å². The molecule has 13 heteroatoms. The second-order valence-corrected chi connectivity index (χ2v) is 15.4. The van der Waals surface area contributed by atoms with Crippen molar-refractivity contribution in [1.29, 1.82) is 0 Å². The van der Waals surface area contributed by atoms with Gasteiger partial charge in [-0.25, -0.2) is 4.79 Å². The molecule has 1 aliphatic heterocycles. The number of benzene rings is 2. The molecule has 0 saturated carbocycles. The summed E-state index contributed by atoms with van der Waals surface area (Å²) in [5, 5.41) is 14.3. The van der Waals surface area contributed by atoms with Gasteiger partial charge in [-0.3, -0.25) is 19.1 Å². The van der Waals surface area contributed by atoms with Crippen LogP contribution < -0.4 is 26.9 Å². The number of halogens is 3. The van der Waals surface area contributed by atoms with Crippen molar-refractivity contribution in [2.75, 3.05) is 13.2 Å². The maximum absolute atomic E-state index is 12.6. The van der Waals surface area contributed by atoms with Crippen molar-refractivity contribution < 1.29 is 32.2 Å². The number of nitrogens with one attached hydrogen (secondary N) is 2. The molecular formula is C30H32F3N3O6Si. The number of hydrogen-bond donors (Lipinski definition) is 3. The number of aromatic amines is 1. The average Bonchev–Trinajstić information content (AvgIpc) is 3.32. The summed E-state index contributed by atoms with van der Waals surface area (Å²) in [6.07, 6.45) is -6.73. The molecule has 9 nitrogen and oxygen atoms in total. The van der Waals surface area contributed by atoms with Crippen LogP contribution in [0.4, 0.5) is 13.2 Å². The molecule has 0 aliphatic carbocycles. The normalized spacial score (nSPS) is 19.0. The van der Waals surface area contributed by atoms with Crippen LogP contribution in [0.2, 0.25) is 5.04 Å². The van der Waals surface area contributed by atoms with Crippen LogP contribution in [0, 0.1) is 11.8 Å². The first kappa shape index (κ1) is 32.0. The number of H-pyrrole nitrogens is 1. The van der Waals surface area contributed by atoms with E-state index in [4.69, 9.17) is 9.16 Å². The van der Waals surface area contributed by atoms with E-state index < -0.39 is 56.6 Å². The minimum Gasteiger partial charge on any atom is -0.405 e. The highest BCUT2D eigenvalue weighted by Crippen LogP contribution is 2.38. The number of hydrogen-bond acceptors (Lipinski definition) is 6. The smallest absolute Gasteiger partial charge is 0.405 e. The maximum Gasteiger partial charge on any atom is 0.471 e. The third-order valence-electron chi connectivity index (χ3n) is 7.18. The van der Waals surface area contributed by atoms with Crippen LogP contribution in [0.25, 0.3) is 0 Å². The Labute approximate surface area is 246 Å². The van der Waals surface area contributed by atoms with Crippen LogP contribution in [0.5, 0.6) is 0 Å². The third kappa shape index (κ3) is 6.99. The molecule has 2 heterocycles. The molecule has 1 saturated heterocycles. The van der Waals surface area contributed by atoms with E-state index in [1.807, 2.05) is 60.7 Å². The first-order chi connectivity index (χ1) is 20.2. The second kappa shape index (κ2) is 12.7. The number of carbonyl (C=O) groups is 1. The van der Waals surface area contributed by atoms with Gasteiger partial charge in [0.15, 0.2) is 0 Å². The Kier molecular flexibility index (Phi) is 9.46. The first-order valence-corrected chi connectivity index (χ1v) is 15.4. The molecule has 3 atom stereocenters. The number of nitrogens with zero attached hydrogens (tertiary/aromatic N) is 1. The number of aliphatic hydroxyl groups excluding tert-OH is 1. The number of carbonyl (C=O) groups excluding carboxylic acids is 1. The third-order valence-corrected chi connectivity index (χ3v) is 12.2. The van der Waals surface area contributed by atoms with Gasteiger partial charge in [0, 0.05) is 12.6 Å². The summed E-state index contributed by atoms with van der Waals surface area (Å²) in [5.41, 5.74) is -1.90. The Morgan fingerprint density at radius 2 is 1.67 bits per heavy atom. The largest absolute Gasteiger partial charge is 0.471 e. The monoisotopic (exact) mass is 615 g/mol. The number of alkyl halides is 3. The zero-order valence-electron chi connectivity index (χ0n) is 23.8. The number of aliphatic hydroxyl groups is 1. The zero-order chi connectivity index (χ0) is 31.4. The number of aromatic nitrogens is 2. The molecule has 1 unspecified atom stereocenters. The van der Waals surface area contributed by atoms with Gasteiger partial charge in [-0.2, -0.15) is 13.2 Å². The molecule has 43 heavy (non-hydrogen) atoms. The standard InChI is InChI=1S/C30H32F3N3O6Si/c1-29(2,3)43(21-12-6-4-7-13-21,22-14-8-5-9-15-22)41-19-24-23(37)17-25(42-24)36-18-20(26(38)35-28(36)40)11-10-16-34-27(39)30(31,32)33/h4-9,12-15,18,23-25,37H,16-17,19H2,1-3H3,(H,34,39)(H,35,38,40)/t23?,24-,25-/m1/s1. The highest BCUT2D eigenvalue weighted by molar-refractivity contribution is 6.99. The van der Waals surface area contributed by atoms with E-state index in [2.05, 4.69) is 37.6 Å². The molecule has 0 radical (unpaired) electrons. The molecule has 2 aromatic carbocycles. The fourth-order valence-electron chi connectivity index (χ4n) is 5.16. The molecule has 1 aromatic heterocycles. The molecule has 0 bridgehead atoms. The van der Waals surface area contributed by atoms with Gasteiger partial charge >= 0.3 is 17.8 Å². The lowest BCUT2D eigenvalue weighted by atomic mass is 10.2. The van der Waals surface area contributed by atoms with E-state index in [0.29, 0.717) is 0 Å². The van der Waals surface area contributed by atoms with Crippen molar-refractivity contribution in [1.82, 2.24) is 14.9 Å². The molecule has 1 aliphatic rings. The van der Waals surface area contributed by atoms with Gasteiger partial charge in [0.05, 0.1) is 19.3 Å². The highest BCUT2D eigenvalue weighted by atomic mass is 28.4.